The second kappa shape index (κ2) is 6.78. The number of aryl methyl sites for hydroxylation is 1. The van der Waals surface area contributed by atoms with E-state index in [0.717, 1.165) is 0 Å². The smallest absolute Gasteiger partial charge is 0.224 e. The number of hydrogen-bond acceptors (Lipinski definition) is 6. The van der Waals surface area contributed by atoms with Crippen LogP contribution in [0.4, 0.5) is 5.95 Å². The number of aromatic nitrogens is 2. The Kier molecular flexibility index (Phi) is 5.33. The van der Waals surface area contributed by atoms with Gasteiger partial charge in [0.15, 0.2) is 0 Å². The van der Waals surface area contributed by atoms with Crippen LogP contribution < -0.4 is 5.32 Å². The molecule has 1 atom stereocenters. The first-order valence-corrected chi connectivity index (χ1v) is 5.31. The van der Waals surface area contributed by atoms with Gasteiger partial charge in [-0.1, -0.05) is 0 Å². The minimum absolute atomic E-state index is 0.0391. The number of ether oxygens (including phenoxy) is 1. The topological polar surface area (TPSA) is 91.1 Å². The Bertz CT molecular complexity index is 403. The molecule has 0 radical (unpaired) electrons. The highest BCUT2D eigenvalue weighted by Crippen LogP contribution is 2.07. The van der Waals surface area contributed by atoms with Crippen molar-refractivity contribution in [1.29, 1.82) is 5.26 Å². The van der Waals surface area contributed by atoms with Gasteiger partial charge in [-0.3, -0.25) is 0 Å². The Hall–Kier alpha value is -1.71. The average molecular weight is 236 g/mol. The standard InChI is InChI=1S/C11H16N4O2/c1-8-5-10(6-12)15-11(13-8)14-9(7-16)3-4-17-2/h5,9,16H,3-4,7H2,1-2H3,(H,13,14,15). The summed E-state index contributed by atoms with van der Waals surface area (Å²) in [6.07, 6.45) is 0.645. The van der Waals surface area contributed by atoms with Gasteiger partial charge in [-0.15, -0.1) is 0 Å². The van der Waals surface area contributed by atoms with Crippen LogP contribution in [0.5, 0.6) is 0 Å². The second-order valence-electron chi connectivity index (χ2n) is 3.64. The molecule has 0 aliphatic heterocycles. The fourth-order valence-corrected chi connectivity index (χ4v) is 1.34. The lowest BCUT2D eigenvalue weighted by Gasteiger charge is -2.15. The van der Waals surface area contributed by atoms with Gasteiger partial charge in [0, 0.05) is 19.4 Å². The van der Waals surface area contributed by atoms with Gasteiger partial charge in [0.2, 0.25) is 5.95 Å². The summed E-state index contributed by atoms with van der Waals surface area (Å²) in [6, 6.07) is 3.39. The molecule has 0 spiro atoms. The maximum atomic E-state index is 9.17. The molecule has 0 aliphatic rings. The van der Waals surface area contributed by atoms with Crippen LogP contribution in [0.1, 0.15) is 17.8 Å². The first kappa shape index (κ1) is 13.4. The van der Waals surface area contributed by atoms with Crippen LogP contribution in [0.2, 0.25) is 0 Å². The minimum atomic E-state index is -0.178. The zero-order chi connectivity index (χ0) is 12.7. The molecule has 17 heavy (non-hydrogen) atoms. The summed E-state index contributed by atoms with van der Waals surface area (Å²) in [7, 11) is 1.60. The van der Waals surface area contributed by atoms with Crippen LogP contribution >= 0.6 is 0 Å². The number of hydrogen-bond donors (Lipinski definition) is 2. The van der Waals surface area contributed by atoms with Crippen molar-refractivity contribution in [3.8, 4) is 6.07 Å². The van der Waals surface area contributed by atoms with E-state index in [1.807, 2.05) is 6.07 Å². The van der Waals surface area contributed by atoms with E-state index in [9.17, 15) is 5.11 Å². The Morgan fingerprint density at radius 1 is 1.59 bits per heavy atom. The number of nitrogens with one attached hydrogen (secondary N) is 1. The van der Waals surface area contributed by atoms with Crippen molar-refractivity contribution in [2.24, 2.45) is 0 Å². The monoisotopic (exact) mass is 236 g/mol. The van der Waals surface area contributed by atoms with E-state index in [-0.39, 0.29) is 12.6 Å². The molecule has 0 aromatic carbocycles. The highest BCUT2D eigenvalue weighted by atomic mass is 16.5. The average Bonchev–Trinajstić information content (AvgIpc) is 2.33. The predicted octanol–water partition coefficient (Wildman–Crippen LogP) is 0.466. The molecule has 1 aromatic rings. The molecule has 1 unspecified atom stereocenters. The number of aliphatic hydroxyl groups is 1. The third-order valence-electron chi connectivity index (χ3n) is 2.19. The van der Waals surface area contributed by atoms with Gasteiger partial charge >= 0.3 is 0 Å². The quantitative estimate of drug-likeness (QED) is 0.746. The highest BCUT2D eigenvalue weighted by Gasteiger charge is 2.09. The van der Waals surface area contributed by atoms with Gasteiger partial charge in [0.25, 0.3) is 0 Å². The van der Waals surface area contributed by atoms with Gasteiger partial charge in [0.05, 0.1) is 12.6 Å². The van der Waals surface area contributed by atoms with Crippen molar-refractivity contribution >= 4 is 5.95 Å². The molecule has 1 aromatic heterocycles. The fourth-order valence-electron chi connectivity index (χ4n) is 1.34. The number of methoxy groups -OCH3 is 1. The van der Waals surface area contributed by atoms with Gasteiger partial charge in [-0.2, -0.15) is 5.26 Å². The van der Waals surface area contributed by atoms with Crippen molar-refractivity contribution < 1.29 is 9.84 Å². The molecule has 0 saturated heterocycles. The molecule has 6 nitrogen and oxygen atoms in total. The summed E-state index contributed by atoms with van der Waals surface area (Å²) in [5.41, 5.74) is 1.02. The molecule has 6 heteroatoms. The molecular formula is C11H16N4O2. The number of rotatable bonds is 6. The predicted molar refractivity (Wildman–Crippen MR) is 62.5 cm³/mol. The van der Waals surface area contributed by atoms with E-state index in [1.54, 1.807) is 20.1 Å². The fraction of sp³-hybridized carbons (Fsp3) is 0.545. The maximum absolute atomic E-state index is 9.17. The van der Waals surface area contributed by atoms with E-state index >= 15 is 0 Å². The molecule has 1 heterocycles. The van der Waals surface area contributed by atoms with Gasteiger partial charge in [0.1, 0.15) is 11.8 Å². The highest BCUT2D eigenvalue weighted by molar-refractivity contribution is 5.33. The Labute approximate surface area is 100 Å². The summed E-state index contributed by atoms with van der Waals surface area (Å²) in [5, 5.41) is 20.9. The third-order valence-corrected chi connectivity index (χ3v) is 2.19. The van der Waals surface area contributed by atoms with Crippen molar-refractivity contribution in [2.45, 2.75) is 19.4 Å². The Morgan fingerprint density at radius 3 is 2.94 bits per heavy atom. The number of nitrogens with zero attached hydrogens (tertiary/aromatic N) is 3. The van der Waals surface area contributed by atoms with E-state index in [0.29, 0.717) is 30.4 Å². The number of anilines is 1. The summed E-state index contributed by atoms with van der Waals surface area (Å²) in [6.45, 7) is 2.29. The SMILES string of the molecule is COCCC(CO)Nc1nc(C)cc(C#N)n1. The molecule has 0 aliphatic carbocycles. The second-order valence-corrected chi connectivity index (χ2v) is 3.64. The lowest BCUT2D eigenvalue weighted by Crippen LogP contribution is -2.26. The van der Waals surface area contributed by atoms with E-state index < -0.39 is 0 Å². The van der Waals surface area contributed by atoms with Gasteiger partial charge < -0.3 is 15.2 Å². The zero-order valence-electron chi connectivity index (χ0n) is 9.97. The lowest BCUT2D eigenvalue weighted by atomic mass is 10.2. The van der Waals surface area contributed by atoms with Crippen molar-refractivity contribution in [2.75, 3.05) is 25.6 Å². The Morgan fingerprint density at radius 2 is 2.35 bits per heavy atom. The Balaban J connectivity index is 2.72. The van der Waals surface area contributed by atoms with Gasteiger partial charge in [-0.05, 0) is 19.4 Å². The van der Waals surface area contributed by atoms with E-state index in [1.165, 1.54) is 0 Å². The first-order valence-electron chi connectivity index (χ1n) is 5.31. The van der Waals surface area contributed by atoms with Crippen molar-refractivity contribution in [1.82, 2.24) is 9.97 Å². The number of aliphatic hydroxyl groups excluding tert-OH is 1. The van der Waals surface area contributed by atoms with Crippen LogP contribution in [-0.4, -0.2) is 41.4 Å². The molecule has 92 valence electrons. The van der Waals surface area contributed by atoms with E-state index in [2.05, 4.69) is 15.3 Å². The largest absolute Gasteiger partial charge is 0.394 e. The maximum Gasteiger partial charge on any atom is 0.224 e. The van der Waals surface area contributed by atoms with Crippen LogP contribution in [0.25, 0.3) is 0 Å². The molecular weight excluding hydrogens is 220 g/mol. The number of nitriles is 1. The summed E-state index contributed by atoms with van der Waals surface area (Å²) in [5.74, 6) is 0.358. The molecule has 1 rings (SSSR count). The minimum Gasteiger partial charge on any atom is -0.394 e. The van der Waals surface area contributed by atoms with Crippen LogP contribution in [0.3, 0.4) is 0 Å². The van der Waals surface area contributed by atoms with Crippen LogP contribution in [-0.2, 0) is 4.74 Å². The summed E-state index contributed by atoms with van der Waals surface area (Å²) < 4.78 is 4.94. The zero-order valence-corrected chi connectivity index (χ0v) is 9.97. The first-order chi connectivity index (χ1) is 8.19. The van der Waals surface area contributed by atoms with Crippen LogP contribution in [0.15, 0.2) is 6.07 Å². The summed E-state index contributed by atoms with van der Waals surface area (Å²) >= 11 is 0. The lowest BCUT2D eigenvalue weighted by molar-refractivity contribution is 0.174. The molecule has 2 N–H and O–H groups in total. The molecule has 0 saturated carbocycles. The normalized spacial score (nSPS) is 11.9. The third kappa shape index (κ3) is 4.34. The van der Waals surface area contributed by atoms with E-state index in [4.69, 9.17) is 10.00 Å². The van der Waals surface area contributed by atoms with Crippen molar-refractivity contribution in [3.63, 3.8) is 0 Å². The van der Waals surface area contributed by atoms with Crippen LogP contribution in [0, 0.1) is 18.3 Å². The molecule has 0 bridgehead atoms. The van der Waals surface area contributed by atoms with Gasteiger partial charge in [-0.25, -0.2) is 9.97 Å². The van der Waals surface area contributed by atoms with Crippen molar-refractivity contribution in [3.05, 3.63) is 17.5 Å². The summed E-state index contributed by atoms with van der Waals surface area (Å²) in [4.78, 5) is 8.17. The molecule has 0 fully saturated rings. The molecule has 0 amide bonds.